The summed E-state index contributed by atoms with van der Waals surface area (Å²) >= 11 is 0. The van der Waals surface area contributed by atoms with E-state index >= 15 is 0 Å². The molecule has 5 atom stereocenters. The van der Waals surface area contributed by atoms with E-state index in [4.69, 9.17) is 37.0 Å². The lowest BCUT2D eigenvalue weighted by Crippen LogP contribution is -2.30. The maximum absolute atomic E-state index is 13.1. The van der Waals surface area contributed by atoms with Gasteiger partial charge in [-0.15, -0.1) is 0 Å². The standard InChI is InChI=1S/C80H156O17P2/c1-70(2)56-48-40-32-26-20-14-11-9-10-12-16-24-30-36-46-54-62-80(85)97-76(67-91-78(83)61-53-45-39-38-43-51-59-73(7)8)69-95-99(88,89)93-65-74(81)64-92-98(86,87)94-68-75(66-90-77(82)60-52-44-35-29-23-19-18-22-28-34-42-50-58-72(5)6)96-79(84)63-55-47-37-31-25-17-13-15-21-27-33-41-49-57-71(3)4/h70-76,81H,9-69H2,1-8H3,(H,86,87)(H,88,89)/t74?,75-,76-/m1/s1. The highest BCUT2D eigenvalue weighted by Crippen LogP contribution is 2.45. The van der Waals surface area contributed by atoms with Crippen LogP contribution in [-0.2, 0) is 65.4 Å². The average molecular weight is 1450 g/mol. The third kappa shape index (κ3) is 74.1. The van der Waals surface area contributed by atoms with Gasteiger partial charge in [-0.3, -0.25) is 37.3 Å². The van der Waals surface area contributed by atoms with Crippen LogP contribution in [0.5, 0.6) is 0 Å². The normalized spacial score (nSPS) is 14.1. The largest absolute Gasteiger partial charge is 0.472 e. The number of ether oxygens (including phenoxy) is 4. The lowest BCUT2D eigenvalue weighted by atomic mass is 10.0. The third-order valence-electron chi connectivity index (χ3n) is 18.6. The van der Waals surface area contributed by atoms with Gasteiger partial charge in [-0.25, -0.2) is 9.13 Å². The van der Waals surface area contributed by atoms with Crippen molar-refractivity contribution in [2.24, 2.45) is 23.7 Å². The van der Waals surface area contributed by atoms with Gasteiger partial charge in [0.25, 0.3) is 0 Å². The summed E-state index contributed by atoms with van der Waals surface area (Å²) < 4.78 is 68.7. The molecule has 0 aromatic heterocycles. The van der Waals surface area contributed by atoms with Gasteiger partial charge in [0.15, 0.2) is 12.2 Å². The van der Waals surface area contributed by atoms with Crippen LogP contribution in [0.2, 0.25) is 0 Å². The van der Waals surface area contributed by atoms with E-state index in [1.165, 1.54) is 205 Å². The van der Waals surface area contributed by atoms with Gasteiger partial charge in [-0.05, 0) is 49.4 Å². The number of carbonyl (C=O) groups excluding carboxylic acids is 4. The van der Waals surface area contributed by atoms with Crippen molar-refractivity contribution in [1.29, 1.82) is 0 Å². The van der Waals surface area contributed by atoms with Gasteiger partial charge in [-0.1, -0.05) is 357 Å². The van der Waals surface area contributed by atoms with Gasteiger partial charge in [0.05, 0.1) is 26.4 Å². The van der Waals surface area contributed by atoms with E-state index in [0.29, 0.717) is 31.6 Å². The Bertz CT molecular complexity index is 1940. The summed E-state index contributed by atoms with van der Waals surface area (Å²) in [6.07, 6.45) is 55.6. The lowest BCUT2D eigenvalue weighted by molar-refractivity contribution is -0.161. The molecule has 0 radical (unpaired) electrons. The molecule has 0 rings (SSSR count). The fourth-order valence-corrected chi connectivity index (χ4v) is 13.8. The highest BCUT2D eigenvalue weighted by molar-refractivity contribution is 7.47. The van der Waals surface area contributed by atoms with Gasteiger partial charge in [-0.2, -0.15) is 0 Å². The Hall–Kier alpha value is -1.94. The molecule has 0 spiro atoms. The number of hydrogen-bond donors (Lipinski definition) is 3. The summed E-state index contributed by atoms with van der Waals surface area (Å²) in [5, 5.41) is 10.6. The zero-order valence-electron chi connectivity index (χ0n) is 65.1. The minimum atomic E-state index is -4.96. The smallest absolute Gasteiger partial charge is 0.462 e. The van der Waals surface area contributed by atoms with E-state index in [0.717, 1.165) is 114 Å². The molecule has 0 bridgehead atoms. The van der Waals surface area contributed by atoms with E-state index in [1.807, 2.05) is 0 Å². The molecular formula is C80H156O17P2. The van der Waals surface area contributed by atoms with Crippen LogP contribution in [0.15, 0.2) is 0 Å². The molecule has 17 nitrogen and oxygen atoms in total. The highest BCUT2D eigenvalue weighted by Gasteiger charge is 2.30. The van der Waals surface area contributed by atoms with E-state index < -0.39 is 97.5 Å². The molecule has 0 saturated carbocycles. The molecule has 0 aromatic rings. The summed E-state index contributed by atoms with van der Waals surface area (Å²) in [5.74, 6) is 0.940. The summed E-state index contributed by atoms with van der Waals surface area (Å²) in [6, 6.07) is 0. The van der Waals surface area contributed by atoms with E-state index in [-0.39, 0.29) is 25.7 Å². The van der Waals surface area contributed by atoms with Crippen LogP contribution in [0.4, 0.5) is 0 Å². The summed E-state index contributed by atoms with van der Waals surface area (Å²) in [6.45, 7) is 14.2. The van der Waals surface area contributed by atoms with Crippen LogP contribution >= 0.6 is 15.6 Å². The molecule has 0 saturated heterocycles. The number of hydrogen-bond acceptors (Lipinski definition) is 15. The first kappa shape index (κ1) is 97.1. The molecule has 0 aliphatic carbocycles. The van der Waals surface area contributed by atoms with Crippen molar-refractivity contribution in [3.8, 4) is 0 Å². The fourth-order valence-electron chi connectivity index (χ4n) is 12.3. The van der Waals surface area contributed by atoms with Crippen molar-refractivity contribution in [3.05, 3.63) is 0 Å². The average Bonchev–Trinajstić information content (AvgIpc) is 1.36. The first-order valence-electron chi connectivity index (χ1n) is 41.2. The van der Waals surface area contributed by atoms with Gasteiger partial charge in [0, 0.05) is 25.7 Å². The Balaban J connectivity index is 5.22. The van der Waals surface area contributed by atoms with Gasteiger partial charge >= 0.3 is 39.5 Å². The zero-order chi connectivity index (χ0) is 73.1. The van der Waals surface area contributed by atoms with Crippen molar-refractivity contribution in [2.75, 3.05) is 39.6 Å². The molecule has 0 aromatic carbocycles. The molecule has 0 aliphatic rings. The number of carbonyl (C=O) groups is 4. The van der Waals surface area contributed by atoms with Crippen molar-refractivity contribution in [3.63, 3.8) is 0 Å². The first-order chi connectivity index (χ1) is 47.6. The molecule has 99 heavy (non-hydrogen) atoms. The second-order valence-electron chi connectivity index (χ2n) is 30.7. The van der Waals surface area contributed by atoms with Crippen molar-refractivity contribution < 1.29 is 80.2 Å². The van der Waals surface area contributed by atoms with Gasteiger partial charge in [0.1, 0.15) is 19.3 Å². The monoisotopic (exact) mass is 1450 g/mol. The van der Waals surface area contributed by atoms with Gasteiger partial charge < -0.3 is 33.8 Å². The Labute approximate surface area is 607 Å². The third-order valence-corrected chi connectivity index (χ3v) is 20.5. The molecule has 0 amide bonds. The molecule has 19 heteroatoms. The van der Waals surface area contributed by atoms with E-state index in [2.05, 4.69) is 55.4 Å². The Morgan fingerprint density at radius 1 is 0.253 bits per heavy atom. The van der Waals surface area contributed by atoms with Crippen LogP contribution in [0, 0.1) is 23.7 Å². The number of unbranched alkanes of at least 4 members (excludes halogenated alkanes) is 43. The van der Waals surface area contributed by atoms with Crippen LogP contribution in [-0.4, -0.2) is 96.7 Å². The van der Waals surface area contributed by atoms with E-state index in [9.17, 15) is 43.2 Å². The zero-order valence-corrected chi connectivity index (χ0v) is 66.9. The minimum Gasteiger partial charge on any atom is -0.462 e. The molecule has 3 unspecified atom stereocenters. The highest BCUT2D eigenvalue weighted by atomic mass is 31.2. The van der Waals surface area contributed by atoms with Crippen LogP contribution in [0.3, 0.4) is 0 Å². The fraction of sp³-hybridized carbons (Fsp3) is 0.950. The van der Waals surface area contributed by atoms with Crippen molar-refractivity contribution in [1.82, 2.24) is 0 Å². The van der Waals surface area contributed by atoms with Crippen LogP contribution < -0.4 is 0 Å². The molecular weight excluding hydrogens is 1290 g/mol. The summed E-state index contributed by atoms with van der Waals surface area (Å²) in [4.78, 5) is 73.0. The van der Waals surface area contributed by atoms with Crippen LogP contribution in [0.1, 0.15) is 409 Å². The van der Waals surface area contributed by atoms with Crippen molar-refractivity contribution >= 4 is 39.5 Å². The number of aliphatic hydroxyl groups is 1. The maximum atomic E-state index is 13.1. The molecule has 3 N–H and O–H groups in total. The summed E-state index contributed by atoms with van der Waals surface area (Å²) in [7, 11) is -9.92. The maximum Gasteiger partial charge on any atom is 0.472 e. The van der Waals surface area contributed by atoms with E-state index in [1.54, 1.807) is 0 Å². The number of aliphatic hydroxyl groups excluding tert-OH is 1. The molecule has 0 heterocycles. The molecule has 0 aliphatic heterocycles. The predicted octanol–water partition coefficient (Wildman–Crippen LogP) is 23.6. The summed E-state index contributed by atoms with van der Waals surface area (Å²) in [5.41, 5.74) is 0. The minimum absolute atomic E-state index is 0.107. The second kappa shape index (κ2) is 69.1. The number of esters is 4. The Kier molecular flexibility index (Phi) is 67.8. The first-order valence-corrected chi connectivity index (χ1v) is 44.2. The Morgan fingerprint density at radius 3 is 0.626 bits per heavy atom. The SMILES string of the molecule is CC(C)CCCCCCCCCCCCCCCCCCC(=O)O[C@H](COC(=O)CCCCCCCCC(C)C)COP(=O)(O)OCC(O)COP(=O)(O)OC[C@@H](COC(=O)CCCCCCCCCCCCCCC(C)C)OC(=O)CCCCCCCCCCCCCCCC(C)C. The number of rotatable bonds is 77. The lowest BCUT2D eigenvalue weighted by Gasteiger charge is -2.21. The quantitative estimate of drug-likeness (QED) is 0.0222. The van der Waals surface area contributed by atoms with Crippen LogP contribution in [0.25, 0.3) is 0 Å². The second-order valence-corrected chi connectivity index (χ2v) is 33.6. The number of phosphoric acid groups is 2. The Morgan fingerprint density at radius 2 is 0.424 bits per heavy atom. The van der Waals surface area contributed by atoms with Crippen molar-refractivity contribution in [2.45, 2.75) is 427 Å². The molecule has 0 fully saturated rings. The number of phosphoric ester groups is 2. The predicted molar refractivity (Wildman–Crippen MR) is 404 cm³/mol. The van der Waals surface area contributed by atoms with Gasteiger partial charge in [0.2, 0.25) is 0 Å². The topological polar surface area (TPSA) is 237 Å². The molecule has 588 valence electrons.